The van der Waals surface area contributed by atoms with Crippen LogP contribution in [0.2, 0.25) is 0 Å². The first-order valence-corrected chi connectivity index (χ1v) is 5.67. The lowest BCUT2D eigenvalue weighted by Crippen LogP contribution is -2.36. The van der Waals surface area contributed by atoms with Crippen LogP contribution in [-0.4, -0.2) is 43.6 Å². The van der Waals surface area contributed by atoms with Crippen molar-refractivity contribution in [2.24, 2.45) is 11.1 Å². The molecule has 1 rings (SSSR count). The monoisotopic (exact) mass is 213 g/mol. The van der Waals surface area contributed by atoms with Crippen molar-refractivity contribution in [2.45, 2.75) is 26.7 Å². The molecular formula is C11H23N3O. The molecule has 0 saturated carbocycles. The molecule has 0 aromatic rings. The predicted octanol–water partition coefficient (Wildman–Crippen LogP) is 1.06. The van der Waals surface area contributed by atoms with E-state index in [2.05, 4.69) is 4.90 Å². The first-order valence-electron chi connectivity index (χ1n) is 5.67. The maximum absolute atomic E-state index is 7.49. The molecule has 1 fully saturated rings. The first kappa shape index (κ1) is 12.5. The van der Waals surface area contributed by atoms with Gasteiger partial charge in [-0.3, -0.25) is 5.41 Å². The van der Waals surface area contributed by atoms with Gasteiger partial charge in [-0.05, 0) is 19.4 Å². The lowest BCUT2D eigenvalue weighted by atomic mass is 9.88. The summed E-state index contributed by atoms with van der Waals surface area (Å²) in [5.74, 6) is 0.286. The quantitative estimate of drug-likeness (QED) is 0.542. The maximum atomic E-state index is 7.49. The third kappa shape index (κ3) is 4.18. The Labute approximate surface area is 92.3 Å². The maximum Gasteiger partial charge on any atom is 0.0963 e. The van der Waals surface area contributed by atoms with E-state index in [1.165, 1.54) is 0 Å². The van der Waals surface area contributed by atoms with Gasteiger partial charge in [-0.15, -0.1) is 0 Å². The average molecular weight is 213 g/mol. The van der Waals surface area contributed by atoms with Gasteiger partial charge < -0.3 is 15.4 Å². The van der Waals surface area contributed by atoms with Gasteiger partial charge in [-0.1, -0.05) is 13.8 Å². The minimum Gasteiger partial charge on any atom is -0.387 e. The predicted molar refractivity (Wildman–Crippen MR) is 62.2 cm³/mol. The van der Waals surface area contributed by atoms with Crippen molar-refractivity contribution < 1.29 is 4.74 Å². The molecule has 0 radical (unpaired) electrons. The zero-order valence-corrected chi connectivity index (χ0v) is 9.88. The Morgan fingerprint density at radius 2 is 2.13 bits per heavy atom. The molecule has 0 aromatic carbocycles. The summed E-state index contributed by atoms with van der Waals surface area (Å²) in [5.41, 5.74) is 5.38. The number of nitrogens with two attached hydrogens (primary N) is 1. The third-order valence-electron chi connectivity index (χ3n) is 3.10. The molecular weight excluding hydrogens is 190 g/mol. The lowest BCUT2D eigenvalue weighted by Gasteiger charge is -2.27. The Kier molecular flexibility index (Phi) is 4.54. The highest BCUT2D eigenvalue weighted by molar-refractivity contribution is 5.82. The largest absolute Gasteiger partial charge is 0.387 e. The van der Waals surface area contributed by atoms with Crippen molar-refractivity contribution in [3.8, 4) is 0 Å². The molecule has 15 heavy (non-hydrogen) atoms. The van der Waals surface area contributed by atoms with E-state index in [1.807, 2.05) is 13.8 Å². The van der Waals surface area contributed by atoms with Crippen LogP contribution in [0, 0.1) is 10.8 Å². The van der Waals surface area contributed by atoms with E-state index < -0.39 is 0 Å². The van der Waals surface area contributed by atoms with Crippen LogP contribution in [0.5, 0.6) is 0 Å². The summed E-state index contributed by atoms with van der Waals surface area (Å²) >= 11 is 0. The zero-order valence-electron chi connectivity index (χ0n) is 9.88. The van der Waals surface area contributed by atoms with Gasteiger partial charge in [0, 0.05) is 25.1 Å². The summed E-state index contributed by atoms with van der Waals surface area (Å²) in [6.45, 7) is 8.90. The highest BCUT2D eigenvalue weighted by Gasteiger charge is 2.22. The fraction of sp³-hybridized carbons (Fsp3) is 0.909. The van der Waals surface area contributed by atoms with E-state index in [0.717, 1.165) is 45.7 Å². The second-order valence-corrected chi connectivity index (χ2v) is 4.86. The number of hydrogen-bond acceptors (Lipinski definition) is 3. The van der Waals surface area contributed by atoms with Crippen LogP contribution in [0.25, 0.3) is 0 Å². The van der Waals surface area contributed by atoms with Gasteiger partial charge in [0.15, 0.2) is 0 Å². The molecule has 1 aliphatic heterocycles. The van der Waals surface area contributed by atoms with Gasteiger partial charge >= 0.3 is 0 Å². The molecule has 0 atom stereocenters. The van der Waals surface area contributed by atoms with Crippen LogP contribution in [0.15, 0.2) is 0 Å². The highest BCUT2D eigenvalue weighted by Crippen LogP contribution is 2.20. The molecule has 0 spiro atoms. The molecule has 4 nitrogen and oxygen atoms in total. The van der Waals surface area contributed by atoms with Crippen LogP contribution in [0.4, 0.5) is 0 Å². The van der Waals surface area contributed by atoms with Gasteiger partial charge in [0.05, 0.1) is 12.4 Å². The molecule has 1 heterocycles. The van der Waals surface area contributed by atoms with Gasteiger partial charge in [0.25, 0.3) is 0 Å². The number of hydrogen-bond donors (Lipinski definition) is 2. The number of ether oxygens (including phenoxy) is 1. The fourth-order valence-corrected chi connectivity index (χ4v) is 1.59. The standard InChI is InChI=1S/C11H23N3O/c1-11(2,10(12)13)4-6-14-5-3-8-15-9-7-14/h3-9H2,1-2H3,(H3,12,13). The van der Waals surface area contributed by atoms with E-state index >= 15 is 0 Å². The molecule has 3 N–H and O–H groups in total. The molecule has 4 heteroatoms. The number of nitrogens with one attached hydrogen (secondary N) is 1. The first-order chi connectivity index (χ1) is 7.02. The van der Waals surface area contributed by atoms with E-state index in [9.17, 15) is 0 Å². The molecule has 0 unspecified atom stereocenters. The van der Waals surface area contributed by atoms with Crippen molar-refractivity contribution >= 4 is 5.84 Å². The Bertz CT molecular complexity index is 208. The number of amidine groups is 1. The smallest absolute Gasteiger partial charge is 0.0963 e. The minimum atomic E-state index is -0.173. The third-order valence-corrected chi connectivity index (χ3v) is 3.10. The van der Waals surface area contributed by atoms with Crippen LogP contribution >= 0.6 is 0 Å². The topological polar surface area (TPSA) is 62.3 Å². The second kappa shape index (κ2) is 5.47. The molecule has 0 aromatic heterocycles. The molecule has 88 valence electrons. The molecule has 1 saturated heterocycles. The Hall–Kier alpha value is -0.610. The van der Waals surface area contributed by atoms with Crippen LogP contribution < -0.4 is 5.73 Å². The van der Waals surface area contributed by atoms with Crippen LogP contribution in [-0.2, 0) is 4.74 Å². The van der Waals surface area contributed by atoms with E-state index in [1.54, 1.807) is 0 Å². The van der Waals surface area contributed by atoms with Gasteiger partial charge in [-0.2, -0.15) is 0 Å². The summed E-state index contributed by atoms with van der Waals surface area (Å²) in [7, 11) is 0. The Morgan fingerprint density at radius 1 is 1.40 bits per heavy atom. The Morgan fingerprint density at radius 3 is 2.80 bits per heavy atom. The SMILES string of the molecule is CC(C)(CCN1CCCOCC1)C(=N)N. The molecule has 0 amide bonds. The van der Waals surface area contributed by atoms with Gasteiger partial charge in [0.2, 0.25) is 0 Å². The van der Waals surface area contributed by atoms with E-state index in [0.29, 0.717) is 0 Å². The highest BCUT2D eigenvalue weighted by atomic mass is 16.5. The number of nitrogens with zero attached hydrogens (tertiary/aromatic N) is 1. The van der Waals surface area contributed by atoms with Gasteiger partial charge in [0.1, 0.15) is 0 Å². The van der Waals surface area contributed by atoms with Crippen molar-refractivity contribution in [3.63, 3.8) is 0 Å². The average Bonchev–Trinajstić information content (AvgIpc) is 2.42. The summed E-state index contributed by atoms with van der Waals surface area (Å²) < 4.78 is 5.40. The summed E-state index contributed by atoms with van der Waals surface area (Å²) in [5, 5.41) is 7.49. The van der Waals surface area contributed by atoms with Crippen LogP contribution in [0.3, 0.4) is 0 Å². The second-order valence-electron chi connectivity index (χ2n) is 4.86. The van der Waals surface area contributed by atoms with Crippen LogP contribution in [0.1, 0.15) is 26.7 Å². The summed E-state index contributed by atoms with van der Waals surface area (Å²) in [4.78, 5) is 2.40. The van der Waals surface area contributed by atoms with Crippen molar-refractivity contribution in [2.75, 3.05) is 32.8 Å². The van der Waals surface area contributed by atoms with Crippen molar-refractivity contribution in [1.82, 2.24) is 4.90 Å². The summed E-state index contributed by atoms with van der Waals surface area (Å²) in [6.07, 6.45) is 2.06. The number of rotatable bonds is 4. The molecule has 1 aliphatic rings. The van der Waals surface area contributed by atoms with Gasteiger partial charge in [-0.25, -0.2) is 0 Å². The fourth-order valence-electron chi connectivity index (χ4n) is 1.59. The normalized spacial score (nSPS) is 19.9. The van der Waals surface area contributed by atoms with Crippen molar-refractivity contribution in [1.29, 1.82) is 5.41 Å². The molecule has 0 bridgehead atoms. The zero-order chi connectivity index (χ0) is 11.3. The summed E-state index contributed by atoms with van der Waals surface area (Å²) in [6, 6.07) is 0. The molecule has 0 aliphatic carbocycles. The van der Waals surface area contributed by atoms with E-state index in [-0.39, 0.29) is 11.3 Å². The van der Waals surface area contributed by atoms with E-state index in [4.69, 9.17) is 15.9 Å². The van der Waals surface area contributed by atoms with Crippen molar-refractivity contribution in [3.05, 3.63) is 0 Å². The minimum absolute atomic E-state index is 0.173. The lowest BCUT2D eigenvalue weighted by molar-refractivity contribution is 0.140. The Balaban J connectivity index is 2.31.